The van der Waals surface area contributed by atoms with Gasteiger partial charge in [-0.1, -0.05) is 0 Å². The smallest absolute Gasteiger partial charge is 0.326 e. The summed E-state index contributed by atoms with van der Waals surface area (Å²) in [5.41, 5.74) is 5.76. The van der Waals surface area contributed by atoms with Gasteiger partial charge in [0, 0.05) is 0 Å². The maximum absolute atomic E-state index is 10.5. The highest BCUT2D eigenvalue weighted by molar-refractivity contribution is 9.11. The molecule has 12 heavy (non-hydrogen) atoms. The van der Waals surface area contributed by atoms with Crippen LogP contribution in [0, 0.1) is 6.92 Å². The second kappa shape index (κ2) is 3.51. The molecule has 0 aliphatic heterocycles. The molecule has 66 valence electrons. The predicted octanol–water partition coefficient (Wildman–Crippen LogP) is 1.30. The van der Waals surface area contributed by atoms with E-state index in [0.717, 1.165) is 5.01 Å². The van der Waals surface area contributed by atoms with Crippen LogP contribution in [0.15, 0.2) is 3.79 Å². The van der Waals surface area contributed by atoms with E-state index in [2.05, 4.69) is 20.9 Å². The van der Waals surface area contributed by atoms with Crippen molar-refractivity contribution in [3.05, 3.63) is 14.5 Å². The molecule has 0 fully saturated rings. The average molecular weight is 251 g/mol. The largest absolute Gasteiger partial charge is 0.480 e. The predicted molar refractivity (Wildman–Crippen MR) is 49.1 cm³/mol. The van der Waals surface area contributed by atoms with Crippen molar-refractivity contribution in [2.45, 2.75) is 13.0 Å². The first kappa shape index (κ1) is 9.63. The van der Waals surface area contributed by atoms with Gasteiger partial charge in [0.1, 0.15) is 6.04 Å². The van der Waals surface area contributed by atoms with Crippen molar-refractivity contribution in [3.63, 3.8) is 0 Å². The molecule has 0 amide bonds. The van der Waals surface area contributed by atoms with Gasteiger partial charge in [-0.3, -0.25) is 4.79 Å². The van der Waals surface area contributed by atoms with Crippen molar-refractivity contribution in [1.82, 2.24) is 4.98 Å². The van der Waals surface area contributed by atoms with Crippen LogP contribution in [0.2, 0.25) is 0 Å². The monoisotopic (exact) mass is 250 g/mol. The molecule has 0 saturated carbocycles. The second-order valence-electron chi connectivity index (χ2n) is 2.21. The summed E-state index contributed by atoms with van der Waals surface area (Å²) in [4.78, 5) is 14.5. The number of carboxylic acid groups (broad SMARTS) is 1. The number of hydrogen-bond donors (Lipinski definition) is 2. The zero-order valence-electron chi connectivity index (χ0n) is 6.24. The summed E-state index contributed by atoms with van der Waals surface area (Å²) >= 11 is 4.58. The van der Waals surface area contributed by atoms with Gasteiger partial charge in [-0.15, -0.1) is 11.3 Å². The molecule has 4 nitrogen and oxygen atoms in total. The van der Waals surface area contributed by atoms with Crippen LogP contribution in [0.5, 0.6) is 0 Å². The zero-order valence-corrected chi connectivity index (χ0v) is 8.65. The fourth-order valence-electron chi connectivity index (χ4n) is 0.727. The lowest BCUT2D eigenvalue weighted by Crippen LogP contribution is -2.21. The Labute approximate surface area is 81.5 Å². The van der Waals surface area contributed by atoms with Gasteiger partial charge in [0.25, 0.3) is 0 Å². The van der Waals surface area contributed by atoms with E-state index in [0.29, 0.717) is 9.48 Å². The van der Waals surface area contributed by atoms with E-state index in [1.165, 1.54) is 11.3 Å². The number of carbonyl (C=O) groups is 1. The maximum Gasteiger partial charge on any atom is 0.326 e. The third-order valence-electron chi connectivity index (χ3n) is 1.28. The van der Waals surface area contributed by atoms with Crippen LogP contribution in [-0.4, -0.2) is 16.1 Å². The summed E-state index contributed by atoms with van der Waals surface area (Å²) in [6.45, 7) is 1.80. The summed E-state index contributed by atoms with van der Waals surface area (Å²) in [7, 11) is 0. The Balaban J connectivity index is 3.02. The highest BCUT2D eigenvalue weighted by Crippen LogP contribution is 2.27. The number of thiazole rings is 1. The first-order chi connectivity index (χ1) is 5.52. The molecule has 0 spiro atoms. The fourth-order valence-corrected chi connectivity index (χ4v) is 2.45. The molecule has 1 unspecified atom stereocenters. The highest BCUT2D eigenvalue weighted by atomic mass is 79.9. The van der Waals surface area contributed by atoms with E-state index < -0.39 is 12.0 Å². The Morgan fingerprint density at radius 3 is 2.75 bits per heavy atom. The van der Waals surface area contributed by atoms with E-state index in [4.69, 9.17) is 10.8 Å². The summed E-state index contributed by atoms with van der Waals surface area (Å²) in [6, 6.07) is -1.04. The Morgan fingerprint density at radius 1 is 1.83 bits per heavy atom. The third-order valence-corrected chi connectivity index (χ3v) is 2.94. The van der Waals surface area contributed by atoms with E-state index in [9.17, 15) is 4.79 Å². The normalized spacial score (nSPS) is 12.9. The van der Waals surface area contributed by atoms with Gasteiger partial charge in [0.15, 0.2) is 0 Å². The number of aliphatic carboxylic acids is 1. The summed E-state index contributed by atoms with van der Waals surface area (Å²) < 4.78 is 0.690. The van der Waals surface area contributed by atoms with Crippen molar-refractivity contribution in [2.75, 3.05) is 0 Å². The summed E-state index contributed by atoms with van der Waals surface area (Å²) in [5, 5.41) is 9.39. The minimum absolute atomic E-state index is 0.394. The molecule has 6 heteroatoms. The first-order valence-corrected chi connectivity index (χ1v) is 4.74. The van der Waals surface area contributed by atoms with E-state index in [1.54, 1.807) is 6.92 Å². The van der Waals surface area contributed by atoms with Crippen LogP contribution in [0.25, 0.3) is 0 Å². The number of carboxylic acids is 1. The van der Waals surface area contributed by atoms with Gasteiger partial charge in [-0.05, 0) is 22.9 Å². The third kappa shape index (κ3) is 1.82. The molecule has 1 rings (SSSR count). The minimum atomic E-state index is -1.07. The van der Waals surface area contributed by atoms with Crippen LogP contribution in [0.3, 0.4) is 0 Å². The number of aryl methyl sites for hydroxylation is 1. The number of aromatic nitrogens is 1. The van der Waals surface area contributed by atoms with Crippen LogP contribution >= 0.6 is 27.3 Å². The van der Waals surface area contributed by atoms with Crippen molar-refractivity contribution in [2.24, 2.45) is 5.73 Å². The average Bonchev–Trinajstić information content (AvgIpc) is 2.28. The Morgan fingerprint density at radius 2 is 2.42 bits per heavy atom. The molecule has 3 N–H and O–H groups in total. The van der Waals surface area contributed by atoms with Crippen molar-refractivity contribution in [3.8, 4) is 0 Å². The number of nitrogens with zero attached hydrogens (tertiary/aromatic N) is 1. The van der Waals surface area contributed by atoms with Crippen LogP contribution in [0.4, 0.5) is 0 Å². The molecule has 1 aromatic heterocycles. The number of rotatable bonds is 2. The van der Waals surface area contributed by atoms with Gasteiger partial charge in [-0.2, -0.15) is 0 Å². The lowest BCUT2D eigenvalue weighted by molar-refractivity contribution is -0.138. The molecule has 0 bridgehead atoms. The molecule has 0 aliphatic carbocycles. The SMILES string of the molecule is Cc1nc(C(N)C(=O)O)c(Br)s1. The molecule has 1 aromatic rings. The lowest BCUT2D eigenvalue weighted by Gasteiger charge is -2.01. The van der Waals surface area contributed by atoms with Crippen molar-refractivity contribution >= 4 is 33.2 Å². The van der Waals surface area contributed by atoms with Gasteiger partial charge >= 0.3 is 5.97 Å². The van der Waals surface area contributed by atoms with E-state index in [-0.39, 0.29) is 0 Å². The standard InChI is InChI=1S/C6H7BrN2O2S/c1-2-9-4(5(7)12-2)3(8)6(10)11/h3H,8H2,1H3,(H,10,11). The van der Waals surface area contributed by atoms with Crippen LogP contribution < -0.4 is 5.73 Å². The Bertz CT molecular complexity index is 312. The number of nitrogens with two attached hydrogens (primary N) is 1. The first-order valence-electron chi connectivity index (χ1n) is 3.13. The Hall–Kier alpha value is -0.460. The van der Waals surface area contributed by atoms with E-state index >= 15 is 0 Å². The van der Waals surface area contributed by atoms with Crippen molar-refractivity contribution in [1.29, 1.82) is 0 Å². The zero-order chi connectivity index (χ0) is 9.30. The quantitative estimate of drug-likeness (QED) is 0.830. The summed E-state index contributed by atoms with van der Waals surface area (Å²) in [6.07, 6.45) is 0. The topological polar surface area (TPSA) is 76.2 Å². The number of hydrogen-bond acceptors (Lipinski definition) is 4. The van der Waals surface area contributed by atoms with E-state index in [1.807, 2.05) is 0 Å². The Kier molecular flexibility index (Phi) is 2.81. The number of halogens is 1. The molecular weight excluding hydrogens is 244 g/mol. The molecule has 0 aromatic carbocycles. The molecule has 1 atom stereocenters. The van der Waals surface area contributed by atoms with Crippen LogP contribution in [0.1, 0.15) is 16.7 Å². The van der Waals surface area contributed by atoms with Gasteiger partial charge in [0.05, 0.1) is 14.5 Å². The highest BCUT2D eigenvalue weighted by Gasteiger charge is 2.20. The van der Waals surface area contributed by atoms with Crippen molar-refractivity contribution < 1.29 is 9.90 Å². The molecule has 0 radical (unpaired) electrons. The minimum Gasteiger partial charge on any atom is -0.480 e. The molecule has 1 heterocycles. The second-order valence-corrected chi connectivity index (χ2v) is 4.73. The fraction of sp³-hybridized carbons (Fsp3) is 0.333. The molecular formula is C6H7BrN2O2S. The molecule has 0 saturated heterocycles. The molecule has 0 aliphatic rings. The maximum atomic E-state index is 10.5. The van der Waals surface area contributed by atoms with Crippen LogP contribution in [-0.2, 0) is 4.79 Å². The van der Waals surface area contributed by atoms with Gasteiger partial charge in [0.2, 0.25) is 0 Å². The lowest BCUT2D eigenvalue weighted by atomic mass is 10.2. The summed E-state index contributed by atoms with van der Waals surface area (Å²) in [5.74, 6) is -1.07. The van der Waals surface area contributed by atoms with Gasteiger partial charge in [-0.25, -0.2) is 4.98 Å². The van der Waals surface area contributed by atoms with Gasteiger partial charge < -0.3 is 10.8 Å².